The van der Waals surface area contributed by atoms with Crippen molar-refractivity contribution >= 4 is 7.82 Å². The van der Waals surface area contributed by atoms with Crippen molar-refractivity contribution in [3.8, 4) is 0 Å². The van der Waals surface area contributed by atoms with E-state index in [2.05, 4.69) is 11.4 Å². The van der Waals surface area contributed by atoms with Crippen LogP contribution >= 0.6 is 7.82 Å². The predicted molar refractivity (Wildman–Crippen MR) is 49.1 cm³/mol. The van der Waals surface area contributed by atoms with E-state index in [0.29, 0.717) is 11.8 Å². The molecule has 0 bridgehead atoms. The molecule has 0 aliphatic heterocycles. The van der Waals surface area contributed by atoms with Crippen LogP contribution in [0.2, 0.25) is 0 Å². The monoisotopic (exact) mass is 208 g/mol. The molecule has 0 aromatic heterocycles. The quantitative estimate of drug-likeness (QED) is 0.695. The van der Waals surface area contributed by atoms with Crippen molar-refractivity contribution < 1.29 is 18.9 Å². The van der Waals surface area contributed by atoms with Crippen LogP contribution in [-0.4, -0.2) is 16.4 Å². The number of hydrogen-bond donors (Lipinski definition) is 2. The Morgan fingerprint density at radius 2 is 2.00 bits per heavy atom. The van der Waals surface area contributed by atoms with Crippen LogP contribution in [0.4, 0.5) is 0 Å². The lowest BCUT2D eigenvalue weighted by molar-refractivity contribution is 0.122. The van der Waals surface area contributed by atoms with Gasteiger partial charge in [-0.15, -0.1) is 0 Å². The van der Waals surface area contributed by atoms with Crippen LogP contribution < -0.4 is 0 Å². The molecule has 2 atom stereocenters. The fourth-order valence-corrected chi connectivity index (χ4v) is 2.22. The lowest BCUT2D eigenvalue weighted by atomic mass is 9.81. The van der Waals surface area contributed by atoms with Gasteiger partial charge in [-0.2, -0.15) is 0 Å². The molecular weight excluding hydrogens is 191 g/mol. The molecule has 13 heavy (non-hydrogen) atoms. The first-order valence-corrected chi connectivity index (χ1v) is 6.22. The number of phosphoric acid groups is 1. The highest BCUT2D eigenvalue weighted by atomic mass is 31.2. The van der Waals surface area contributed by atoms with E-state index in [1.54, 1.807) is 0 Å². The summed E-state index contributed by atoms with van der Waals surface area (Å²) in [7, 11) is -4.26. The summed E-state index contributed by atoms with van der Waals surface area (Å²) in [6.07, 6.45) is 4.56. The minimum Gasteiger partial charge on any atom is -0.303 e. The van der Waals surface area contributed by atoms with Gasteiger partial charge in [0.05, 0.1) is 6.61 Å². The van der Waals surface area contributed by atoms with E-state index in [-0.39, 0.29) is 6.61 Å². The molecule has 2 unspecified atom stereocenters. The minimum atomic E-state index is -4.26. The van der Waals surface area contributed by atoms with Crippen LogP contribution in [0.5, 0.6) is 0 Å². The number of rotatable bonds is 3. The molecule has 0 aromatic rings. The summed E-state index contributed by atoms with van der Waals surface area (Å²) in [5, 5.41) is 0. The zero-order chi connectivity index (χ0) is 9.90. The highest BCUT2D eigenvalue weighted by Gasteiger charge is 2.24. The predicted octanol–water partition coefficient (Wildman–Crippen LogP) is 1.92. The molecule has 1 fully saturated rings. The van der Waals surface area contributed by atoms with E-state index in [1.165, 1.54) is 6.42 Å². The Morgan fingerprint density at radius 1 is 1.38 bits per heavy atom. The largest absolute Gasteiger partial charge is 0.469 e. The molecule has 0 radical (unpaired) electrons. The first-order valence-electron chi connectivity index (χ1n) is 4.69. The maximum atomic E-state index is 10.5. The Balaban J connectivity index is 2.31. The van der Waals surface area contributed by atoms with Crippen molar-refractivity contribution in [2.24, 2.45) is 11.8 Å². The fourth-order valence-electron chi connectivity index (χ4n) is 1.83. The Hall–Kier alpha value is 0.110. The molecule has 0 heterocycles. The van der Waals surface area contributed by atoms with Crippen molar-refractivity contribution in [3.05, 3.63) is 0 Å². The van der Waals surface area contributed by atoms with Crippen LogP contribution in [0.15, 0.2) is 0 Å². The molecule has 0 aromatic carbocycles. The van der Waals surface area contributed by atoms with Crippen LogP contribution in [-0.2, 0) is 9.09 Å². The third-order valence-corrected chi connectivity index (χ3v) is 3.23. The first-order chi connectivity index (χ1) is 5.99. The molecule has 4 nitrogen and oxygen atoms in total. The average Bonchev–Trinajstić information content (AvgIpc) is 2.01. The highest BCUT2D eigenvalue weighted by molar-refractivity contribution is 7.46. The average molecular weight is 208 g/mol. The van der Waals surface area contributed by atoms with E-state index >= 15 is 0 Å². The molecule has 1 aliphatic carbocycles. The van der Waals surface area contributed by atoms with Crippen LogP contribution in [0, 0.1) is 11.8 Å². The minimum absolute atomic E-state index is 0.200. The zero-order valence-electron chi connectivity index (χ0n) is 7.85. The van der Waals surface area contributed by atoms with E-state index in [0.717, 1.165) is 19.3 Å². The van der Waals surface area contributed by atoms with Gasteiger partial charge < -0.3 is 9.79 Å². The summed E-state index contributed by atoms with van der Waals surface area (Å²) < 4.78 is 15.0. The molecule has 0 amide bonds. The topological polar surface area (TPSA) is 66.8 Å². The first kappa shape index (κ1) is 11.2. The van der Waals surface area contributed by atoms with Crippen molar-refractivity contribution in [2.75, 3.05) is 6.61 Å². The molecule has 0 saturated heterocycles. The maximum absolute atomic E-state index is 10.5. The second-order valence-electron chi connectivity index (χ2n) is 3.81. The van der Waals surface area contributed by atoms with Gasteiger partial charge >= 0.3 is 7.82 Å². The van der Waals surface area contributed by atoms with Crippen molar-refractivity contribution in [1.29, 1.82) is 0 Å². The van der Waals surface area contributed by atoms with Crippen LogP contribution in [0.3, 0.4) is 0 Å². The Bertz CT molecular complexity index is 200. The second kappa shape index (κ2) is 4.56. The van der Waals surface area contributed by atoms with E-state index in [1.807, 2.05) is 0 Å². The van der Waals surface area contributed by atoms with Gasteiger partial charge in [0.2, 0.25) is 0 Å². The van der Waals surface area contributed by atoms with Crippen LogP contribution in [0.1, 0.15) is 32.6 Å². The standard InChI is InChI=1S/C8H17O4P/c1-7-4-2-3-5-8(7)6-12-13(9,10)11/h7-8H,2-6H2,1H3,(H2,9,10,11). The molecular formula is C8H17O4P. The molecule has 5 heteroatoms. The third kappa shape index (κ3) is 4.23. The van der Waals surface area contributed by atoms with Gasteiger partial charge in [-0.05, 0) is 18.3 Å². The smallest absolute Gasteiger partial charge is 0.303 e. The normalized spacial score (nSPS) is 30.4. The van der Waals surface area contributed by atoms with E-state index < -0.39 is 7.82 Å². The SMILES string of the molecule is CC1CCCCC1COP(=O)(O)O. The lowest BCUT2D eigenvalue weighted by Gasteiger charge is -2.28. The molecule has 78 valence electrons. The van der Waals surface area contributed by atoms with Gasteiger partial charge in [0.15, 0.2) is 0 Å². The van der Waals surface area contributed by atoms with Crippen molar-refractivity contribution in [2.45, 2.75) is 32.6 Å². The summed E-state index contributed by atoms with van der Waals surface area (Å²) in [5.41, 5.74) is 0. The van der Waals surface area contributed by atoms with Crippen LogP contribution in [0.25, 0.3) is 0 Å². The van der Waals surface area contributed by atoms with Gasteiger partial charge in [0.1, 0.15) is 0 Å². The molecule has 1 aliphatic rings. The van der Waals surface area contributed by atoms with Gasteiger partial charge in [-0.25, -0.2) is 4.57 Å². The molecule has 2 N–H and O–H groups in total. The Morgan fingerprint density at radius 3 is 2.54 bits per heavy atom. The Labute approximate surface area is 78.5 Å². The van der Waals surface area contributed by atoms with E-state index in [4.69, 9.17) is 9.79 Å². The lowest BCUT2D eigenvalue weighted by Crippen LogP contribution is -2.21. The number of hydrogen-bond acceptors (Lipinski definition) is 2. The van der Waals surface area contributed by atoms with Gasteiger partial charge in [-0.1, -0.05) is 26.2 Å². The second-order valence-corrected chi connectivity index (χ2v) is 5.05. The highest BCUT2D eigenvalue weighted by Crippen LogP contribution is 2.39. The maximum Gasteiger partial charge on any atom is 0.469 e. The summed E-state index contributed by atoms with van der Waals surface area (Å²) in [6, 6.07) is 0. The zero-order valence-corrected chi connectivity index (χ0v) is 8.74. The van der Waals surface area contributed by atoms with Gasteiger partial charge in [0, 0.05) is 0 Å². The summed E-state index contributed by atoms with van der Waals surface area (Å²) >= 11 is 0. The summed E-state index contributed by atoms with van der Waals surface area (Å²) in [4.78, 5) is 17.0. The molecule has 1 saturated carbocycles. The van der Waals surface area contributed by atoms with Crippen molar-refractivity contribution in [1.82, 2.24) is 0 Å². The summed E-state index contributed by atoms with van der Waals surface area (Å²) in [5.74, 6) is 0.849. The molecule has 1 rings (SSSR count). The third-order valence-electron chi connectivity index (χ3n) is 2.75. The fraction of sp³-hybridized carbons (Fsp3) is 1.00. The number of phosphoric ester groups is 1. The van der Waals surface area contributed by atoms with Gasteiger partial charge in [-0.3, -0.25) is 4.52 Å². The summed E-state index contributed by atoms with van der Waals surface area (Å²) in [6.45, 7) is 2.32. The van der Waals surface area contributed by atoms with E-state index in [9.17, 15) is 4.57 Å². The molecule has 0 spiro atoms. The Kier molecular flexibility index (Phi) is 3.92. The van der Waals surface area contributed by atoms with Crippen molar-refractivity contribution in [3.63, 3.8) is 0 Å². The van der Waals surface area contributed by atoms with Gasteiger partial charge in [0.25, 0.3) is 0 Å².